The van der Waals surface area contributed by atoms with Crippen LogP contribution in [0.2, 0.25) is 0 Å². The second-order valence-electron chi connectivity index (χ2n) is 9.16. The van der Waals surface area contributed by atoms with E-state index in [2.05, 4.69) is 9.13 Å². The van der Waals surface area contributed by atoms with Crippen molar-refractivity contribution in [1.82, 2.24) is 0 Å². The molecule has 0 amide bonds. The lowest BCUT2D eigenvalue weighted by Gasteiger charge is -2.36. The molecule has 1 fully saturated rings. The van der Waals surface area contributed by atoms with Crippen molar-refractivity contribution in [3.8, 4) is 11.5 Å². The van der Waals surface area contributed by atoms with Crippen LogP contribution in [0.5, 0.6) is 11.5 Å². The maximum Gasteiger partial charge on any atom is 0.387 e. The van der Waals surface area contributed by atoms with Gasteiger partial charge in [-0.15, -0.1) is 0 Å². The number of esters is 1. The van der Waals surface area contributed by atoms with E-state index < -0.39 is 22.7 Å². The van der Waals surface area contributed by atoms with Gasteiger partial charge in [0.1, 0.15) is 39.4 Å². The summed E-state index contributed by atoms with van der Waals surface area (Å²) in [5.41, 5.74) is 1.28. The second kappa shape index (κ2) is 10.4. The van der Waals surface area contributed by atoms with Crippen LogP contribution in [0.3, 0.4) is 0 Å². The molecule has 0 radical (unpaired) electrons. The van der Waals surface area contributed by atoms with Gasteiger partial charge in [-0.25, -0.2) is 0 Å². The molecule has 0 unspecified atom stereocenters. The number of hydrogen-bond donors (Lipinski definition) is 0. The molecule has 0 bridgehead atoms. The first kappa shape index (κ1) is 24.8. The minimum absolute atomic E-state index is 0.00159. The van der Waals surface area contributed by atoms with Gasteiger partial charge < -0.3 is 18.8 Å². The maximum atomic E-state index is 12.7. The maximum absolute atomic E-state index is 12.7. The Morgan fingerprint density at radius 1 is 1.28 bits per heavy atom. The highest BCUT2D eigenvalue weighted by Gasteiger charge is 2.38. The van der Waals surface area contributed by atoms with E-state index >= 15 is 0 Å². The highest BCUT2D eigenvalue weighted by atomic mass is 32.2. The molecule has 6 nitrogen and oxygen atoms in total. The van der Waals surface area contributed by atoms with Gasteiger partial charge in [0.15, 0.2) is 0 Å². The summed E-state index contributed by atoms with van der Waals surface area (Å²) in [5.74, 6) is 0.312. The highest BCUT2D eigenvalue weighted by Crippen LogP contribution is 2.40. The summed E-state index contributed by atoms with van der Waals surface area (Å²) in [6.45, 7) is 4.77. The average molecular weight is 472 g/mol. The minimum atomic E-state index is -2.94. The molecule has 0 spiro atoms. The summed E-state index contributed by atoms with van der Waals surface area (Å²) >= 11 is -1.47. The van der Waals surface area contributed by atoms with Crippen LogP contribution >= 0.6 is 0 Å². The Morgan fingerprint density at radius 2 is 1.97 bits per heavy atom. The zero-order valence-corrected chi connectivity index (χ0v) is 19.8. The van der Waals surface area contributed by atoms with Crippen molar-refractivity contribution < 1.29 is 32.3 Å². The van der Waals surface area contributed by atoms with Crippen molar-refractivity contribution in [1.29, 1.82) is 0 Å². The lowest BCUT2D eigenvalue weighted by atomic mass is 9.77. The van der Waals surface area contributed by atoms with E-state index in [1.165, 1.54) is 12.1 Å². The number of alkyl halides is 2. The predicted octanol–water partition coefficient (Wildman–Crippen LogP) is 5.06. The minimum Gasteiger partial charge on any atom is -0.591 e. The summed E-state index contributed by atoms with van der Waals surface area (Å²) in [7, 11) is 0. The molecule has 0 aromatic heterocycles. The molecule has 1 saturated carbocycles. The van der Waals surface area contributed by atoms with Crippen LogP contribution in [0, 0.1) is 11.8 Å². The zero-order valence-electron chi connectivity index (χ0n) is 18.9. The SMILES string of the molecule is CCOC(=O)C1CCC([C@H]2C/C(=N\[S@+]([O-])C(C)(C)C)c3ccc(OC(F)F)cc3O2)CC1. The summed E-state index contributed by atoms with van der Waals surface area (Å²) in [5, 5.41) is 0. The number of hydrogen-bond acceptors (Lipinski definition) is 6. The molecule has 1 aliphatic carbocycles. The number of rotatable bonds is 6. The van der Waals surface area contributed by atoms with E-state index in [0.717, 1.165) is 12.8 Å². The number of carbonyl (C=O) groups excluding carboxylic acids is 1. The molecule has 9 heteroatoms. The highest BCUT2D eigenvalue weighted by molar-refractivity contribution is 7.91. The first-order chi connectivity index (χ1) is 15.1. The quantitative estimate of drug-likeness (QED) is 0.428. The molecule has 1 aliphatic heterocycles. The van der Waals surface area contributed by atoms with Crippen molar-refractivity contribution >= 4 is 23.0 Å². The van der Waals surface area contributed by atoms with Gasteiger partial charge in [0.05, 0.1) is 12.5 Å². The predicted molar refractivity (Wildman–Crippen MR) is 119 cm³/mol. The lowest BCUT2D eigenvalue weighted by Crippen LogP contribution is -2.38. The van der Waals surface area contributed by atoms with Crippen molar-refractivity contribution in [2.45, 2.75) is 77.3 Å². The van der Waals surface area contributed by atoms with Gasteiger partial charge in [-0.05, 0) is 71.4 Å². The largest absolute Gasteiger partial charge is 0.591 e. The monoisotopic (exact) mass is 471 g/mol. The van der Waals surface area contributed by atoms with E-state index in [1.54, 1.807) is 13.0 Å². The molecular formula is C23H31F2NO5S. The fourth-order valence-electron chi connectivity index (χ4n) is 4.09. The Balaban J connectivity index is 1.83. The van der Waals surface area contributed by atoms with Gasteiger partial charge in [-0.3, -0.25) is 4.79 Å². The Bertz CT molecular complexity index is 834. The van der Waals surface area contributed by atoms with Crippen LogP contribution in [-0.4, -0.2) is 40.3 Å². The standard InChI is InChI=1S/C23H31F2NO5S/c1-5-29-21(27)15-8-6-14(7-9-15)19-13-18(26-32(28)23(2,3)4)17-11-10-16(30-22(24)25)12-20(17)31-19/h10-12,14-15,19,22H,5-9,13H2,1-4H3/b26-18+/t14?,15?,19-,32-/m1/s1. The molecule has 1 aromatic carbocycles. The molecule has 1 heterocycles. The van der Waals surface area contributed by atoms with Crippen LogP contribution in [-0.2, 0) is 20.9 Å². The Morgan fingerprint density at radius 3 is 2.56 bits per heavy atom. The van der Waals surface area contributed by atoms with Crippen molar-refractivity contribution in [3.05, 3.63) is 23.8 Å². The second-order valence-corrected chi connectivity index (χ2v) is 11.1. The van der Waals surface area contributed by atoms with Crippen molar-refractivity contribution in [2.24, 2.45) is 16.2 Å². The van der Waals surface area contributed by atoms with E-state index in [1.807, 2.05) is 20.8 Å². The summed E-state index contributed by atoms with van der Waals surface area (Å²) in [6.07, 6.45) is 3.22. The fourth-order valence-corrected chi connectivity index (χ4v) is 4.74. The van der Waals surface area contributed by atoms with E-state index in [-0.39, 0.29) is 29.7 Å². The third-order valence-electron chi connectivity index (χ3n) is 5.80. The van der Waals surface area contributed by atoms with Crippen LogP contribution in [0.1, 0.15) is 65.4 Å². The topological polar surface area (TPSA) is 80.2 Å². The molecule has 32 heavy (non-hydrogen) atoms. The van der Waals surface area contributed by atoms with Crippen molar-refractivity contribution in [2.75, 3.05) is 6.61 Å². The molecular weight excluding hydrogens is 440 g/mol. The summed E-state index contributed by atoms with van der Waals surface area (Å²) < 4.78 is 58.0. The first-order valence-electron chi connectivity index (χ1n) is 11.0. The number of nitrogens with zero attached hydrogens (tertiary/aromatic N) is 1. The third kappa shape index (κ3) is 6.13. The molecule has 3 rings (SSSR count). The molecule has 2 aliphatic rings. The number of halogens is 2. The Hall–Kier alpha value is -1.87. The third-order valence-corrected chi connectivity index (χ3v) is 7.23. The summed E-state index contributed by atoms with van der Waals surface area (Å²) in [6, 6.07) is 4.50. The van der Waals surface area contributed by atoms with Gasteiger partial charge >= 0.3 is 12.6 Å². The average Bonchev–Trinajstić information content (AvgIpc) is 2.72. The normalized spacial score (nSPS) is 25.8. The van der Waals surface area contributed by atoms with E-state index in [4.69, 9.17) is 9.47 Å². The number of benzene rings is 1. The molecule has 0 N–H and O–H groups in total. The lowest BCUT2D eigenvalue weighted by molar-refractivity contribution is -0.149. The van der Waals surface area contributed by atoms with Gasteiger partial charge in [0.25, 0.3) is 0 Å². The van der Waals surface area contributed by atoms with Gasteiger partial charge in [-0.2, -0.15) is 8.78 Å². The van der Waals surface area contributed by atoms with Crippen molar-refractivity contribution in [3.63, 3.8) is 0 Å². The van der Waals surface area contributed by atoms with E-state index in [0.29, 0.717) is 42.9 Å². The zero-order chi connectivity index (χ0) is 23.5. The Kier molecular flexibility index (Phi) is 8.03. The van der Waals surface area contributed by atoms with Crippen LogP contribution in [0.15, 0.2) is 22.6 Å². The first-order valence-corrected chi connectivity index (χ1v) is 12.1. The van der Waals surface area contributed by atoms with Crippen LogP contribution in [0.25, 0.3) is 0 Å². The summed E-state index contributed by atoms with van der Waals surface area (Å²) in [4.78, 5) is 12.1. The van der Waals surface area contributed by atoms with Crippen LogP contribution < -0.4 is 9.47 Å². The van der Waals surface area contributed by atoms with Crippen LogP contribution in [0.4, 0.5) is 8.78 Å². The molecule has 1 aromatic rings. The molecule has 2 atom stereocenters. The van der Waals surface area contributed by atoms with Gasteiger partial charge in [0.2, 0.25) is 0 Å². The molecule has 0 saturated heterocycles. The number of ether oxygens (including phenoxy) is 3. The van der Waals surface area contributed by atoms with Gasteiger partial charge in [-0.1, -0.05) is 4.40 Å². The number of carbonyl (C=O) groups is 1. The fraction of sp³-hybridized carbons (Fsp3) is 0.652. The van der Waals surface area contributed by atoms with Gasteiger partial charge in [0, 0.05) is 18.1 Å². The van der Waals surface area contributed by atoms with E-state index in [9.17, 15) is 18.1 Å². The molecule has 178 valence electrons. The smallest absolute Gasteiger partial charge is 0.387 e. The Labute approximate surface area is 191 Å². The number of fused-ring (bicyclic) bond motifs is 1.